The highest BCUT2D eigenvalue weighted by atomic mass is 16.6. The van der Waals surface area contributed by atoms with Gasteiger partial charge in [0.05, 0.1) is 17.4 Å². The Morgan fingerprint density at radius 2 is 1.84 bits per heavy atom. The summed E-state index contributed by atoms with van der Waals surface area (Å²) in [6.07, 6.45) is 0.0874. The van der Waals surface area contributed by atoms with E-state index in [0.29, 0.717) is 31.0 Å². The minimum Gasteiger partial charge on any atom is -0.444 e. The lowest BCUT2D eigenvalue weighted by Gasteiger charge is -2.42. The minimum atomic E-state index is -0.580. The summed E-state index contributed by atoms with van der Waals surface area (Å²) in [5, 5.41) is 5.23. The minimum absolute atomic E-state index is 0.157. The molecule has 1 atom stereocenters. The number of hydrogen-bond donors (Lipinski definition) is 2. The molecule has 5 amide bonds. The van der Waals surface area contributed by atoms with E-state index in [1.54, 1.807) is 11.0 Å². The normalized spacial score (nSPS) is 21.6. The van der Waals surface area contributed by atoms with Gasteiger partial charge < -0.3 is 19.9 Å². The average Bonchev–Trinajstić information content (AvgIpc) is 2.80. The Hall–Kier alpha value is -3.30. The number of hydrogen-bond acceptors (Lipinski definition) is 6. The summed E-state index contributed by atoms with van der Waals surface area (Å²) in [6, 6.07) is 4.79. The molecule has 0 saturated carbocycles. The van der Waals surface area contributed by atoms with Crippen LogP contribution in [0.2, 0.25) is 0 Å². The van der Waals surface area contributed by atoms with Gasteiger partial charge in [0, 0.05) is 44.7 Å². The number of urea groups is 1. The van der Waals surface area contributed by atoms with Crippen LogP contribution in [-0.4, -0.2) is 66.7 Å². The molecule has 1 unspecified atom stereocenters. The highest BCUT2D eigenvalue weighted by Gasteiger charge is 2.36. The molecule has 0 radical (unpaired) electrons. The van der Waals surface area contributed by atoms with Gasteiger partial charge in [0.25, 0.3) is 0 Å². The number of nitrogens with one attached hydrogen (secondary N) is 2. The molecule has 1 aromatic carbocycles. The Labute approximate surface area is 180 Å². The van der Waals surface area contributed by atoms with Crippen molar-refractivity contribution in [3.63, 3.8) is 0 Å². The van der Waals surface area contributed by atoms with Gasteiger partial charge >= 0.3 is 12.1 Å². The van der Waals surface area contributed by atoms with Crippen LogP contribution < -0.4 is 20.4 Å². The average molecular weight is 429 g/mol. The predicted molar refractivity (Wildman–Crippen MR) is 114 cm³/mol. The van der Waals surface area contributed by atoms with Crippen LogP contribution in [-0.2, 0) is 14.3 Å². The number of rotatable bonds is 1. The first-order chi connectivity index (χ1) is 14.6. The molecular weight excluding hydrogens is 402 g/mol. The van der Waals surface area contributed by atoms with E-state index < -0.39 is 11.6 Å². The number of imide groups is 1. The lowest BCUT2D eigenvalue weighted by atomic mass is 10.1. The second-order valence-electron chi connectivity index (χ2n) is 8.98. The van der Waals surface area contributed by atoms with Gasteiger partial charge in [-0.2, -0.15) is 0 Å². The second kappa shape index (κ2) is 7.75. The summed E-state index contributed by atoms with van der Waals surface area (Å²) in [5.41, 5.74) is 1.48. The van der Waals surface area contributed by atoms with Crippen molar-refractivity contribution in [1.29, 1.82) is 0 Å². The highest BCUT2D eigenvalue weighted by Crippen LogP contribution is 2.36. The smallest absolute Gasteiger partial charge is 0.410 e. The second-order valence-corrected chi connectivity index (χ2v) is 8.98. The van der Waals surface area contributed by atoms with E-state index >= 15 is 0 Å². The van der Waals surface area contributed by atoms with Crippen LogP contribution in [0.4, 0.5) is 26.7 Å². The standard InChI is InChI=1S/C21H27N5O5/c1-21(2,3)31-20(30)24-8-9-25-14(12-24)11-18(28)22-15-10-13(4-5-16(15)25)26-7-6-17(27)23-19(26)29/h4-5,10,14H,6-9,11-12H2,1-3H3,(H,22,28)(H,23,27,29). The van der Waals surface area contributed by atoms with Gasteiger partial charge in [0.15, 0.2) is 0 Å². The predicted octanol–water partition coefficient (Wildman–Crippen LogP) is 1.90. The molecule has 166 valence electrons. The van der Waals surface area contributed by atoms with E-state index in [2.05, 4.69) is 15.5 Å². The van der Waals surface area contributed by atoms with Crippen LogP contribution in [0.5, 0.6) is 0 Å². The first-order valence-corrected chi connectivity index (χ1v) is 10.4. The first kappa shape index (κ1) is 21.0. The molecule has 3 aliphatic rings. The number of carbonyl (C=O) groups is 4. The molecule has 3 aliphatic heterocycles. The maximum atomic E-state index is 12.6. The highest BCUT2D eigenvalue weighted by molar-refractivity contribution is 6.06. The fraction of sp³-hybridized carbons (Fsp3) is 0.524. The quantitative estimate of drug-likeness (QED) is 0.705. The van der Waals surface area contributed by atoms with E-state index in [-0.39, 0.29) is 43.3 Å². The molecule has 10 heteroatoms. The first-order valence-electron chi connectivity index (χ1n) is 10.4. The van der Waals surface area contributed by atoms with Crippen molar-refractivity contribution in [2.45, 2.75) is 45.3 Å². The van der Waals surface area contributed by atoms with E-state index in [1.165, 1.54) is 4.90 Å². The summed E-state index contributed by atoms with van der Waals surface area (Å²) in [5.74, 6) is -0.453. The molecule has 3 heterocycles. The molecule has 0 aromatic heterocycles. The van der Waals surface area contributed by atoms with Crippen molar-refractivity contribution < 1.29 is 23.9 Å². The zero-order valence-electron chi connectivity index (χ0n) is 17.9. The third-order valence-corrected chi connectivity index (χ3v) is 5.48. The van der Waals surface area contributed by atoms with Gasteiger partial charge in [-0.25, -0.2) is 9.59 Å². The van der Waals surface area contributed by atoms with Gasteiger partial charge in [0.1, 0.15) is 5.60 Å². The van der Waals surface area contributed by atoms with E-state index in [9.17, 15) is 19.2 Å². The fourth-order valence-electron chi connectivity index (χ4n) is 4.11. The monoisotopic (exact) mass is 429 g/mol. The Balaban J connectivity index is 1.55. The summed E-state index contributed by atoms with van der Waals surface area (Å²) < 4.78 is 5.49. The SMILES string of the molecule is CC(C)(C)OC(=O)N1CCN2c3ccc(N4CCC(=O)NC4=O)cc3NC(=O)CC2C1. The molecule has 0 bridgehead atoms. The largest absolute Gasteiger partial charge is 0.444 e. The number of carbonyl (C=O) groups excluding carboxylic acids is 4. The molecular formula is C21H27N5O5. The zero-order valence-corrected chi connectivity index (χ0v) is 17.9. The number of amides is 5. The molecule has 0 aliphatic carbocycles. The zero-order chi connectivity index (χ0) is 22.3. The Morgan fingerprint density at radius 3 is 2.55 bits per heavy atom. The molecule has 2 N–H and O–H groups in total. The van der Waals surface area contributed by atoms with Crippen molar-refractivity contribution in [2.75, 3.05) is 41.3 Å². The maximum Gasteiger partial charge on any atom is 0.410 e. The number of nitrogens with zero attached hydrogens (tertiary/aromatic N) is 3. The number of anilines is 3. The van der Waals surface area contributed by atoms with Gasteiger partial charge in [-0.05, 0) is 39.0 Å². The number of fused-ring (bicyclic) bond motifs is 3. The van der Waals surface area contributed by atoms with Crippen LogP contribution in [0.25, 0.3) is 0 Å². The molecule has 31 heavy (non-hydrogen) atoms. The molecule has 2 saturated heterocycles. The van der Waals surface area contributed by atoms with Crippen molar-refractivity contribution in [2.24, 2.45) is 0 Å². The van der Waals surface area contributed by atoms with Gasteiger partial charge in [-0.1, -0.05) is 0 Å². The van der Waals surface area contributed by atoms with Crippen LogP contribution in [0.15, 0.2) is 18.2 Å². The fourth-order valence-corrected chi connectivity index (χ4v) is 4.11. The lowest BCUT2D eigenvalue weighted by molar-refractivity contribution is -0.120. The number of ether oxygens (including phenoxy) is 1. The van der Waals surface area contributed by atoms with Gasteiger partial charge in [-0.15, -0.1) is 0 Å². The Kier molecular flexibility index (Phi) is 5.24. The maximum absolute atomic E-state index is 12.6. The molecule has 0 spiro atoms. The topological polar surface area (TPSA) is 111 Å². The van der Waals surface area contributed by atoms with Gasteiger partial charge in [0.2, 0.25) is 11.8 Å². The van der Waals surface area contributed by atoms with E-state index in [0.717, 1.165) is 5.69 Å². The molecule has 1 aromatic rings. The van der Waals surface area contributed by atoms with Crippen LogP contribution >= 0.6 is 0 Å². The van der Waals surface area contributed by atoms with Crippen LogP contribution in [0, 0.1) is 0 Å². The summed E-state index contributed by atoms with van der Waals surface area (Å²) >= 11 is 0. The Morgan fingerprint density at radius 1 is 1.06 bits per heavy atom. The van der Waals surface area contributed by atoms with E-state index in [4.69, 9.17) is 4.74 Å². The summed E-state index contributed by atoms with van der Waals surface area (Å²) in [6.45, 7) is 7.20. The van der Waals surface area contributed by atoms with Gasteiger partial charge in [-0.3, -0.25) is 19.8 Å². The summed E-state index contributed by atoms with van der Waals surface area (Å²) in [7, 11) is 0. The van der Waals surface area contributed by atoms with Crippen LogP contribution in [0.1, 0.15) is 33.6 Å². The lowest BCUT2D eigenvalue weighted by Crippen LogP contribution is -2.56. The van der Waals surface area contributed by atoms with Crippen LogP contribution in [0.3, 0.4) is 0 Å². The number of piperazine rings is 1. The molecule has 2 fully saturated rings. The summed E-state index contributed by atoms with van der Waals surface area (Å²) in [4.78, 5) is 53.9. The molecule has 4 rings (SSSR count). The van der Waals surface area contributed by atoms with Crippen molar-refractivity contribution in [1.82, 2.24) is 10.2 Å². The third-order valence-electron chi connectivity index (χ3n) is 5.48. The number of benzene rings is 1. The molecule has 10 nitrogen and oxygen atoms in total. The van der Waals surface area contributed by atoms with Crippen molar-refractivity contribution in [3.05, 3.63) is 18.2 Å². The Bertz CT molecular complexity index is 941. The van der Waals surface area contributed by atoms with Crippen molar-refractivity contribution >= 4 is 41.0 Å². The third kappa shape index (κ3) is 4.42. The van der Waals surface area contributed by atoms with Crippen molar-refractivity contribution in [3.8, 4) is 0 Å². The van der Waals surface area contributed by atoms with E-state index in [1.807, 2.05) is 32.9 Å².